The summed E-state index contributed by atoms with van der Waals surface area (Å²) in [5, 5.41) is 0. The Balaban J connectivity index is 2.15. The van der Waals surface area contributed by atoms with Crippen molar-refractivity contribution in [3.05, 3.63) is 84.1 Å². The lowest BCUT2D eigenvalue weighted by Crippen LogP contribution is -2.42. The van der Waals surface area contributed by atoms with Crippen molar-refractivity contribution < 1.29 is 0 Å². The van der Waals surface area contributed by atoms with E-state index in [1.807, 2.05) is 18.3 Å². The number of benzene rings is 2. The van der Waals surface area contributed by atoms with E-state index >= 15 is 0 Å². The monoisotopic (exact) mass is 222 g/mol. The van der Waals surface area contributed by atoms with Gasteiger partial charge in [-0.15, -0.1) is 0 Å². The van der Waals surface area contributed by atoms with Gasteiger partial charge in [0.1, 0.15) is 5.54 Å². The van der Waals surface area contributed by atoms with Gasteiger partial charge in [0, 0.05) is 6.20 Å². The molecule has 0 spiro atoms. The number of rotatable bonds is 2. The number of hydrogen-bond acceptors (Lipinski definition) is 2. The maximum atomic E-state index is 3.34. The Hall–Kier alpha value is -2.06. The summed E-state index contributed by atoms with van der Waals surface area (Å²) in [5.74, 6) is 0. The fourth-order valence-electron chi connectivity index (χ4n) is 2.27. The molecule has 0 amide bonds. The first-order chi connectivity index (χ1) is 8.42. The van der Waals surface area contributed by atoms with E-state index < -0.39 is 0 Å². The van der Waals surface area contributed by atoms with Gasteiger partial charge >= 0.3 is 0 Å². The molecule has 0 saturated carbocycles. The van der Waals surface area contributed by atoms with E-state index in [0.717, 1.165) is 0 Å². The van der Waals surface area contributed by atoms with Crippen LogP contribution >= 0.6 is 0 Å². The van der Waals surface area contributed by atoms with Gasteiger partial charge in [0.25, 0.3) is 0 Å². The summed E-state index contributed by atoms with van der Waals surface area (Å²) in [6, 6.07) is 20.9. The summed E-state index contributed by atoms with van der Waals surface area (Å²) in [4.78, 5) is 0. The van der Waals surface area contributed by atoms with Crippen LogP contribution in [-0.2, 0) is 5.54 Å². The molecule has 1 aliphatic heterocycles. The summed E-state index contributed by atoms with van der Waals surface area (Å²) < 4.78 is 0. The van der Waals surface area contributed by atoms with Crippen molar-refractivity contribution in [2.24, 2.45) is 0 Å². The van der Waals surface area contributed by atoms with E-state index in [2.05, 4.69) is 65.5 Å². The maximum Gasteiger partial charge on any atom is 0.107 e. The van der Waals surface area contributed by atoms with Crippen molar-refractivity contribution in [2.75, 3.05) is 0 Å². The fourth-order valence-corrected chi connectivity index (χ4v) is 2.27. The molecule has 0 radical (unpaired) electrons. The standard InChI is InChI=1S/C15H14N2/c1-3-7-13(8-4-1)15(11-12-16-17-15)14-9-5-2-6-10-14/h1-12,16-17H. The van der Waals surface area contributed by atoms with Crippen molar-refractivity contribution >= 4 is 0 Å². The first kappa shape index (κ1) is 10.1. The molecule has 1 aliphatic rings. The lowest BCUT2D eigenvalue weighted by atomic mass is 9.84. The van der Waals surface area contributed by atoms with Crippen LogP contribution in [0.4, 0.5) is 0 Å². The molecule has 3 rings (SSSR count). The molecule has 2 aromatic carbocycles. The lowest BCUT2D eigenvalue weighted by molar-refractivity contribution is 0.487. The third-order valence-corrected chi connectivity index (χ3v) is 3.14. The molecule has 0 bridgehead atoms. The predicted octanol–water partition coefficient (Wildman–Crippen LogP) is 2.55. The van der Waals surface area contributed by atoms with Crippen LogP contribution in [0.5, 0.6) is 0 Å². The van der Waals surface area contributed by atoms with Crippen LogP contribution in [0.3, 0.4) is 0 Å². The molecular weight excluding hydrogens is 208 g/mol. The summed E-state index contributed by atoms with van der Waals surface area (Å²) in [7, 11) is 0. The van der Waals surface area contributed by atoms with Crippen LogP contribution in [0.25, 0.3) is 0 Å². The molecule has 2 nitrogen and oxygen atoms in total. The summed E-state index contributed by atoms with van der Waals surface area (Å²) >= 11 is 0. The second-order valence-electron chi connectivity index (χ2n) is 4.14. The Morgan fingerprint density at radius 2 is 1.24 bits per heavy atom. The van der Waals surface area contributed by atoms with E-state index in [9.17, 15) is 0 Å². The van der Waals surface area contributed by atoms with Crippen LogP contribution in [0, 0.1) is 0 Å². The molecule has 0 unspecified atom stereocenters. The largest absolute Gasteiger partial charge is 0.328 e. The van der Waals surface area contributed by atoms with Crippen LogP contribution in [0.1, 0.15) is 11.1 Å². The molecule has 0 saturated heterocycles. The minimum atomic E-state index is -0.261. The van der Waals surface area contributed by atoms with Gasteiger partial charge in [0.05, 0.1) is 0 Å². The van der Waals surface area contributed by atoms with Crippen LogP contribution in [0.15, 0.2) is 72.9 Å². The highest BCUT2D eigenvalue weighted by molar-refractivity contribution is 5.44. The smallest absolute Gasteiger partial charge is 0.107 e. The average molecular weight is 222 g/mol. The van der Waals surface area contributed by atoms with E-state index in [1.54, 1.807) is 0 Å². The fraction of sp³-hybridized carbons (Fsp3) is 0.0667. The number of hydrazine groups is 1. The Kier molecular flexibility index (Phi) is 2.42. The molecule has 2 heteroatoms. The van der Waals surface area contributed by atoms with Crippen molar-refractivity contribution in [2.45, 2.75) is 5.54 Å². The van der Waals surface area contributed by atoms with E-state index in [-0.39, 0.29) is 5.54 Å². The number of nitrogens with one attached hydrogen (secondary N) is 2. The third kappa shape index (κ3) is 1.63. The SMILES string of the molecule is C1=CC(c2ccccc2)(c2ccccc2)NN1. The first-order valence-corrected chi connectivity index (χ1v) is 5.73. The molecule has 2 N–H and O–H groups in total. The van der Waals surface area contributed by atoms with Crippen molar-refractivity contribution in [3.8, 4) is 0 Å². The highest BCUT2D eigenvalue weighted by Crippen LogP contribution is 2.32. The lowest BCUT2D eigenvalue weighted by Gasteiger charge is -2.28. The highest BCUT2D eigenvalue weighted by Gasteiger charge is 2.33. The zero-order chi connectivity index (χ0) is 11.6. The molecule has 1 heterocycles. The Bertz CT molecular complexity index is 478. The van der Waals surface area contributed by atoms with Gasteiger partial charge in [-0.05, 0) is 17.2 Å². The van der Waals surface area contributed by atoms with Gasteiger partial charge < -0.3 is 5.43 Å². The Morgan fingerprint density at radius 3 is 1.65 bits per heavy atom. The van der Waals surface area contributed by atoms with Gasteiger partial charge in [-0.2, -0.15) is 0 Å². The summed E-state index contributed by atoms with van der Waals surface area (Å²) in [6.45, 7) is 0. The zero-order valence-electron chi connectivity index (χ0n) is 9.43. The molecule has 17 heavy (non-hydrogen) atoms. The molecule has 84 valence electrons. The van der Waals surface area contributed by atoms with Gasteiger partial charge in [-0.1, -0.05) is 60.7 Å². The minimum absolute atomic E-state index is 0.261. The van der Waals surface area contributed by atoms with E-state index in [0.29, 0.717) is 0 Å². The zero-order valence-corrected chi connectivity index (χ0v) is 9.43. The Morgan fingerprint density at radius 1 is 0.706 bits per heavy atom. The quantitative estimate of drug-likeness (QED) is 0.816. The normalized spacial score (nSPS) is 16.7. The van der Waals surface area contributed by atoms with Crippen LogP contribution in [0.2, 0.25) is 0 Å². The average Bonchev–Trinajstić information content (AvgIpc) is 2.91. The van der Waals surface area contributed by atoms with Gasteiger partial charge in [0.15, 0.2) is 0 Å². The molecule has 0 aliphatic carbocycles. The predicted molar refractivity (Wildman–Crippen MR) is 69.1 cm³/mol. The third-order valence-electron chi connectivity index (χ3n) is 3.14. The van der Waals surface area contributed by atoms with Gasteiger partial charge in [-0.25, -0.2) is 5.43 Å². The topological polar surface area (TPSA) is 24.1 Å². The van der Waals surface area contributed by atoms with E-state index in [1.165, 1.54) is 11.1 Å². The second-order valence-corrected chi connectivity index (χ2v) is 4.14. The molecule has 0 atom stereocenters. The highest BCUT2D eigenvalue weighted by atomic mass is 15.4. The number of hydrogen-bond donors (Lipinski definition) is 2. The van der Waals surface area contributed by atoms with Gasteiger partial charge in [0.2, 0.25) is 0 Å². The minimum Gasteiger partial charge on any atom is -0.328 e. The van der Waals surface area contributed by atoms with Crippen LogP contribution < -0.4 is 10.9 Å². The maximum absolute atomic E-state index is 3.34. The molecule has 2 aromatic rings. The van der Waals surface area contributed by atoms with Crippen molar-refractivity contribution in [1.29, 1.82) is 0 Å². The molecule has 0 aromatic heterocycles. The molecule has 0 fully saturated rings. The Labute approximate surface area is 101 Å². The van der Waals surface area contributed by atoms with E-state index in [4.69, 9.17) is 0 Å². The second kappa shape index (κ2) is 4.07. The van der Waals surface area contributed by atoms with Crippen LogP contribution in [-0.4, -0.2) is 0 Å². The van der Waals surface area contributed by atoms with Crippen molar-refractivity contribution in [1.82, 2.24) is 10.9 Å². The first-order valence-electron chi connectivity index (χ1n) is 5.73. The summed E-state index contributed by atoms with van der Waals surface area (Å²) in [5.41, 5.74) is 8.62. The molecular formula is C15H14N2. The summed E-state index contributed by atoms with van der Waals surface area (Å²) in [6.07, 6.45) is 4.09. The van der Waals surface area contributed by atoms with Crippen molar-refractivity contribution in [3.63, 3.8) is 0 Å². The van der Waals surface area contributed by atoms with Gasteiger partial charge in [-0.3, -0.25) is 0 Å².